The Kier molecular flexibility index (Phi) is 7.59. The molecule has 0 atom stereocenters. The third-order valence-corrected chi connectivity index (χ3v) is 4.73. The number of ether oxygens (including phenoxy) is 1. The van der Waals surface area contributed by atoms with Gasteiger partial charge in [-0.05, 0) is 49.9 Å². The van der Waals surface area contributed by atoms with Gasteiger partial charge in [0.2, 0.25) is 0 Å². The van der Waals surface area contributed by atoms with Crippen LogP contribution >= 0.6 is 15.9 Å². The highest BCUT2D eigenvalue weighted by atomic mass is 79.9. The molecule has 0 heterocycles. The molecule has 1 aliphatic rings. The van der Waals surface area contributed by atoms with Gasteiger partial charge in [0.05, 0.1) is 6.61 Å². The standard InChI is InChI=1S/C18H28BrNO/c1-2-12-21-18-10-9-17(19)13-16(18)14-20-11-5-8-15-6-3-4-7-15/h9-10,13,15,20H,2-8,11-12,14H2,1H3. The number of hydrogen-bond donors (Lipinski definition) is 1. The molecular formula is C18H28BrNO. The summed E-state index contributed by atoms with van der Waals surface area (Å²) in [7, 11) is 0. The molecular weight excluding hydrogens is 326 g/mol. The van der Waals surface area contributed by atoms with E-state index in [2.05, 4.69) is 46.4 Å². The predicted octanol–water partition coefficient (Wildman–Crippen LogP) is 5.30. The van der Waals surface area contributed by atoms with Crippen molar-refractivity contribution in [2.45, 2.75) is 58.4 Å². The summed E-state index contributed by atoms with van der Waals surface area (Å²) >= 11 is 3.55. The Morgan fingerprint density at radius 1 is 1.29 bits per heavy atom. The minimum atomic E-state index is 0.788. The van der Waals surface area contributed by atoms with Crippen LogP contribution in [0.3, 0.4) is 0 Å². The molecule has 1 N–H and O–H groups in total. The van der Waals surface area contributed by atoms with Crippen molar-refractivity contribution in [3.05, 3.63) is 28.2 Å². The maximum absolute atomic E-state index is 5.82. The third kappa shape index (κ3) is 5.99. The van der Waals surface area contributed by atoms with E-state index in [9.17, 15) is 0 Å². The molecule has 0 aliphatic heterocycles. The fourth-order valence-corrected chi connectivity index (χ4v) is 3.49. The number of benzene rings is 1. The average molecular weight is 354 g/mol. The fourth-order valence-electron chi connectivity index (χ4n) is 3.08. The van der Waals surface area contributed by atoms with Gasteiger partial charge in [-0.15, -0.1) is 0 Å². The number of halogens is 1. The van der Waals surface area contributed by atoms with Crippen molar-refractivity contribution in [3.8, 4) is 5.75 Å². The predicted molar refractivity (Wildman–Crippen MR) is 92.8 cm³/mol. The summed E-state index contributed by atoms with van der Waals surface area (Å²) in [4.78, 5) is 0. The van der Waals surface area contributed by atoms with Crippen molar-refractivity contribution in [3.63, 3.8) is 0 Å². The lowest BCUT2D eigenvalue weighted by Gasteiger charge is -2.13. The molecule has 1 fully saturated rings. The SMILES string of the molecule is CCCOc1ccc(Br)cc1CNCCCC1CCCC1. The first-order valence-corrected chi connectivity index (χ1v) is 9.21. The molecule has 21 heavy (non-hydrogen) atoms. The van der Waals surface area contributed by atoms with E-state index in [-0.39, 0.29) is 0 Å². The van der Waals surface area contributed by atoms with E-state index in [1.54, 1.807) is 0 Å². The minimum Gasteiger partial charge on any atom is -0.493 e. The normalized spacial score (nSPS) is 15.5. The molecule has 2 rings (SSSR count). The van der Waals surface area contributed by atoms with E-state index in [0.717, 1.165) is 42.3 Å². The second kappa shape index (κ2) is 9.47. The summed E-state index contributed by atoms with van der Waals surface area (Å²) in [6, 6.07) is 6.28. The molecule has 0 aromatic heterocycles. The van der Waals surface area contributed by atoms with Gasteiger partial charge in [0.15, 0.2) is 0 Å². The Bertz CT molecular complexity index is 416. The molecule has 0 radical (unpaired) electrons. The Balaban J connectivity index is 1.72. The van der Waals surface area contributed by atoms with Gasteiger partial charge in [-0.25, -0.2) is 0 Å². The molecule has 0 unspecified atom stereocenters. The zero-order valence-corrected chi connectivity index (χ0v) is 14.8. The van der Waals surface area contributed by atoms with Crippen molar-refractivity contribution < 1.29 is 4.74 Å². The summed E-state index contributed by atoms with van der Waals surface area (Å²) in [5.74, 6) is 2.02. The largest absolute Gasteiger partial charge is 0.493 e. The zero-order valence-electron chi connectivity index (χ0n) is 13.2. The van der Waals surface area contributed by atoms with Gasteiger partial charge in [0, 0.05) is 16.6 Å². The van der Waals surface area contributed by atoms with Crippen molar-refractivity contribution in [2.24, 2.45) is 5.92 Å². The maximum Gasteiger partial charge on any atom is 0.123 e. The molecule has 1 aromatic rings. The highest BCUT2D eigenvalue weighted by molar-refractivity contribution is 9.10. The first-order chi connectivity index (χ1) is 10.3. The van der Waals surface area contributed by atoms with Crippen LogP contribution in [0, 0.1) is 5.92 Å². The molecule has 1 aromatic carbocycles. The minimum absolute atomic E-state index is 0.788. The second-order valence-electron chi connectivity index (χ2n) is 6.07. The van der Waals surface area contributed by atoms with Crippen LogP contribution in [-0.4, -0.2) is 13.2 Å². The Hall–Kier alpha value is -0.540. The molecule has 0 bridgehead atoms. The van der Waals surface area contributed by atoms with Crippen molar-refractivity contribution in [2.75, 3.05) is 13.2 Å². The fraction of sp³-hybridized carbons (Fsp3) is 0.667. The van der Waals surface area contributed by atoms with E-state index in [1.807, 2.05) is 0 Å². The Labute approximate surface area is 137 Å². The highest BCUT2D eigenvalue weighted by Crippen LogP contribution is 2.28. The summed E-state index contributed by atoms with van der Waals surface area (Å²) < 4.78 is 6.94. The smallest absolute Gasteiger partial charge is 0.123 e. The molecule has 2 nitrogen and oxygen atoms in total. The lowest BCUT2D eigenvalue weighted by molar-refractivity contribution is 0.313. The third-order valence-electron chi connectivity index (χ3n) is 4.24. The number of rotatable bonds is 9. The van der Waals surface area contributed by atoms with Gasteiger partial charge in [-0.2, -0.15) is 0 Å². The first kappa shape index (κ1) is 16.8. The molecule has 1 saturated carbocycles. The van der Waals surface area contributed by atoms with Crippen LogP contribution in [0.5, 0.6) is 5.75 Å². The van der Waals surface area contributed by atoms with E-state index in [1.165, 1.54) is 44.1 Å². The molecule has 118 valence electrons. The number of hydrogen-bond acceptors (Lipinski definition) is 2. The summed E-state index contributed by atoms with van der Waals surface area (Å²) in [5.41, 5.74) is 1.25. The van der Waals surface area contributed by atoms with Crippen LogP contribution in [0.15, 0.2) is 22.7 Å². The molecule has 0 saturated heterocycles. The van der Waals surface area contributed by atoms with Crippen LogP contribution < -0.4 is 10.1 Å². The Morgan fingerprint density at radius 3 is 2.86 bits per heavy atom. The van der Waals surface area contributed by atoms with Gasteiger partial charge >= 0.3 is 0 Å². The molecule has 0 amide bonds. The van der Waals surface area contributed by atoms with E-state index < -0.39 is 0 Å². The quantitative estimate of drug-likeness (QED) is 0.608. The number of nitrogens with one attached hydrogen (secondary N) is 1. The van der Waals surface area contributed by atoms with Crippen LogP contribution in [0.2, 0.25) is 0 Å². The van der Waals surface area contributed by atoms with Crippen LogP contribution in [0.4, 0.5) is 0 Å². The van der Waals surface area contributed by atoms with Gasteiger partial charge < -0.3 is 10.1 Å². The maximum atomic E-state index is 5.82. The summed E-state index contributed by atoms with van der Waals surface area (Å²) in [6.45, 7) is 4.93. The molecule has 3 heteroatoms. The van der Waals surface area contributed by atoms with Crippen molar-refractivity contribution >= 4 is 15.9 Å². The topological polar surface area (TPSA) is 21.3 Å². The molecule has 1 aliphatic carbocycles. The van der Waals surface area contributed by atoms with Gasteiger partial charge in [-0.3, -0.25) is 0 Å². The van der Waals surface area contributed by atoms with Gasteiger partial charge in [-0.1, -0.05) is 48.5 Å². The van der Waals surface area contributed by atoms with E-state index in [0.29, 0.717) is 0 Å². The van der Waals surface area contributed by atoms with Gasteiger partial charge in [0.25, 0.3) is 0 Å². The van der Waals surface area contributed by atoms with Crippen molar-refractivity contribution in [1.29, 1.82) is 0 Å². The van der Waals surface area contributed by atoms with Crippen LogP contribution in [0.25, 0.3) is 0 Å². The van der Waals surface area contributed by atoms with Crippen LogP contribution in [-0.2, 0) is 6.54 Å². The zero-order chi connectivity index (χ0) is 14.9. The van der Waals surface area contributed by atoms with E-state index in [4.69, 9.17) is 4.74 Å². The Morgan fingerprint density at radius 2 is 2.10 bits per heavy atom. The van der Waals surface area contributed by atoms with Crippen LogP contribution in [0.1, 0.15) is 57.4 Å². The second-order valence-corrected chi connectivity index (χ2v) is 6.99. The highest BCUT2D eigenvalue weighted by Gasteiger charge is 2.13. The van der Waals surface area contributed by atoms with E-state index >= 15 is 0 Å². The molecule has 0 spiro atoms. The van der Waals surface area contributed by atoms with Gasteiger partial charge in [0.1, 0.15) is 5.75 Å². The monoisotopic (exact) mass is 353 g/mol. The summed E-state index contributed by atoms with van der Waals surface area (Å²) in [5, 5.41) is 3.57. The lowest BCUT2D eigenvalue weighted by Crippen LogP contribution is -2.16. The first-order valence-electron chi connectivity index (χ1n) is 8.41. The average Bonchev–Trinajstić information content (AvgIpc) is 2.99. The summed E-state index contributed by atoms with van der Waals surface area (Å²) in [6.07, 6.45) is 9.56. The lowest BCUT2D eigenvalue weighted by atomic mass is 10.0. The van der Waals surface area contributed by atoms with Crippen molar-refractivity contribution in [1.82, 2.24) is 5.32 Å².